The van der Waals surface area contributed by atoms with Crippen molar-refractivity contribution in [2.24, 2.45) is 5.10 Å². The highest BCUT2D eigenvalue weighted by molar-refractivity contribution is 7.14. The van der Waals surface area contributed by atoms with Crippen LogP contribution in [0.1, 0.15) is 12.0 Å². The Balaban J connectivity index is 1.56. The Labute approximate surface area is 143 Å². The summed E-state index contributed by atoms with van der Waals surface area (Å²) in [5.41, 5.74) is 1.82. The lowest BCUT2D eigenvalue weighted by Crippen LogP contribution is -2.35. The second-order valence-electron chi connectivity index (χ2n) is 5.76. The summed E-state index contributed by atoms with van der Waals surface area (Å²) < 4.78 is 33.2. The van der Waals surface area contributed by atoms with Crippen LogP contribution < -0.4 is 9.91 Å². The van der Waals surface area contributed by atoms with Gasteiger partial charge in [0.2, 0.25) is 0 Å². The number of halogens is 2. The largest absolute Gasteiger partial charge is 0.378 e. The monoisotopic (exact) mass is 349 g/mol. The molecule has 3 heterocycles. The van der Waals surface area contributed by atoms with Crippen LogP contribution in [-0.2, 0) is 4.74 Å². The number of hydrazone groups is 1. The maximum absolute atomic E-state index is 13.9. The van der Waals surface area contributed by atoms with Crippen molar-refractivity contribution in [3.05, 3.63) is 46.8 Å². The standard InChI is InChI=1S/C17H17F2N3OS/c18-13-2-1-3-14(19)17(13)22-5-4-15(20-22)12-10-16(24-11-12)21-6-8-23-9-7-21/h1-3,10-11H,4-9H2. The van der Waals surface area contributed by atoms with Gasteiger partial charge >= 0.3 is 0 Å². The SMILES string of the molecule is Fc1cccc(F)c1N1CCC(c2csc(N3CCOCC3)c2)=N1. The van der Waals surface area contributed by atoms with Crippen molar-refractivity contribution >= 4 is 27.7 Å². The second-order valence-corrected chi connectivity index (χ2v) is 6.65. The minimum absolute atomic E-state index is 0.0730. The first-order valence-corrected chi connectivity index (χ1v) is 8.81. The molecule has 2 aliphatic rings. The molecule has 0 aliphatic carbocycles. The van der Waals surface area contributed by atoms with Crippen LogP contribution in [0, 0.1) is 11.6 Å². The Morgan fingerprint density at radius 3 is 2.58 bits per heavy atom. The lowest BCUT2D eigenvalue weighted by atomic mass is 10.1. The quantitative estimate of drug-likeness (QED) is 0.849. The molecule has 7 heteroatoms. The molecule has 0 bridgehead atoms. The maximum atomic E-state index is 13.9. The number of morpholine rings is 1. The first-order chi connectivity index (χ1) is 11.7. The predicted octanol–water partition coefficient (Wildman–Crippen LogP) is 3.48. The van der Waals surface area contributed by atoms with Crippen LogP contribution in [0.3, 0.4) is 0 Å². The molecule has 0 N–H and O–H groups in total. The highest BCUT2D eigenvalue weighted by Crippen LogP contribution is 2.31. The zero-order valence-electron chi connectivity index (χ0n) is 13.0. The van der Waals surface area contributed by atoms with Crippen LogP contribution in [0.4, 0.5) is 19.5 Å². The van der Waals surface area contributed by atoms with Crippen molar-refractivity contribution in [1.29, 1.82) is 0 Å². The Morgan fingerprint density at radius 1 is 1.08 bits per heavy atom. The van der Waals surface area contributed by atoms with Gasteiger partial charge in [0.1, 0.15) is 5.69 Å². The third kappa shape index (κ3) is 2.89. The van der Waals surface area contributed by atoms with Crippen molar-refractivity contribution in [2.45, 2.75) is 6.42 Å². The average Bonchev–Trinajstić information content (AvgIpc) is 3.25. The van der Waals surface area contributed by atoms with Gasteiger partial charge in [-0.2, -0.15) is 5.10 Å². The molecule has 126 valence electrons. The molecule has 4 rings (SSSR count). The fraction of sp³-hybridized carbons (Fsp3) is 0.353. The van der Waals surface area contributed by atoms with E-state index < -0.39 is 11.6 Å². The lowest BCUT2D eigenvalue weighted by Gasteiger charge is -2.27. The van der Waals surface area contributed by atoms with E-state index in [1.807, 2.05) is 0 Å². The van der Waals surface area contributed by atoms with E-state index in [0.29, 0.717) is 13.0 Å². The van der Waals surface area contributed by atoms with Crippen LogP contribution in [0.25, 0.3) is 0 Å². The van der Waals surface area contributed by atoms with Gasteiger partial charge in [0.05, 0.1) is 23.9 Å². The normalized spacial score (nSPS) is 18.2. The fourth-order valence-corrected chi connectivity index (χ4v) is 3.96. The van der Waals surface area contributed by atoms with E-state index in [0.717, 1.165) is 37.6 Å². The van der Waals surface area contributed by atoms with Gasteiger partial charge in [0, 0.05) is 37.0 Å². The summed E-state index contributed by atoms with van der Waals surface area (Å²) >= 11 is 1.67. The number of hydrogen-bond donors (Lipinski definition) is 0. The Bertz CT molecular complexity index is 751. The first-order valence-electron chi connectivity index (χ1n) is 7.93. The van der Waals surface area contributed by atoms with Crippen LogP contribution in [0.5, 0.6) is 0 Å². The molecule has 24 heavy (non-hydrogen) atoms. The molecule has 2 aliphatic heterocycles. The number of rotatable bonds is 3. The first kappa shape index (κ1) is 15.5. The van der Waals surface area contributed by atoms with Gasteiger partial charge < -0.3 is 9.64 Å². The van der Waals surface area contributed by atoms with Crippen LogP contribution in [0.15, 0.2) is 34.7 Å². The van der Waals surface area contributed by atoms with Gasteiger partial charge in [-0.15, -0.1) is 11.3 Å². The van der Waals surface area contributed by atoms with Crippen LogP contribution in [0.2, 0.25) is 0 Å². The number of benzene rings is 1. The molecule has 1 aromatic carbocycles. The highest BCUT2D eigenvalue weighted by atomic mass is 32.1. The maximum Gasteiger partial charge on any atom is 0.151 e. The van der Waals surface area contributed by atoms with E-state index in [4.69, 9.17) is 4.74 Å². The summed E-state index contributed by atoms with van der Waals surface area (Å²) in [5.74, 6) is -1.17. The van der Waals surface area contributed by atoms with Gasteiger partial charge in [0.25, 0.3) is 0 Å². The van der Waals surface area contributed by atoms with Gasteiger partial charge in [-0.05, 0) is 18.2 Å². The van der Waals surface area contributed by atoms with E-state index in [1.54, 1.807) is 11.3 Å². The van der Waals surface area contributed by atoms with E-state index in [1.165, 1.54) is 28.2 Å². The number of nitrogens with zero attached hydrogens (tertiary/aromatic N) is 3. The fourth-order valence-electron chi connectivity index (χ4n) is 2.98. The van der Waals surface area contributed by atoms with Crippen molar-refractivity contribution in [3.8, 4) is 0 Å². The zero-order chi connectivity index (χ0) is 16.5. The molecule has 0 spiro atoms. The molecular weight excluding hydrogens is 332 g/mol. The van der Waals surface area contributed by atoms with Crippen molar-refractivity contribution in [2.75, 3.05) is 42.8 Å². The molecule has 0 radical (unpaired) electrons. The molecule has 1 fully saturated rings. The molecule has 2 aromatic rings. The highest BCUT2D eigenvalue weighted by Gasteiger charge is 2.24. The Hall–Kier alpha value is -1.99. The molecule has 1 saturated heterocycles. The van der Waals surface area contributed by atoms with Crippen molar-refractivity contribution in [1.82, 2.24) is 0 Å². The average molecular weight is 349 g/mol. The van der Waals surface area contributed by atoms with Crippen molar-refractivity contribution in [3.63, 3.8) is 0 Å². The molecule has 4 nitrogen and oxygen atoms in total. The summed E-state index contributed by atoms with van der Waals surface area (Å²) in [6, 6.07) is 5.98. The third-order valence-corrected chi connectivity index (χ3v) is 5.23. The number of ether oxygens (including phenoxy) is 1. The Kier molecular flexibility index (Phi) is 4.20. The van der Waals surface area contributed by atoms with Crippen molar-refractivity contribution < 1.29 is 13.5 Å². The minimum Gasteiger partial charge on any atom is -0.378 e. The third-order valence-electron chi connectivity index (χ3n) is 4.24. The van der Waals surface area contributed by atoms with Gasteiger partial charge in [-0.1, -0.05) is 6.07 Å². The van der Waals surface area contributed by atoms with Gasteiger partial charge in [-0.3, -0.25) is 5.01 Å². The molecule has 0 saturated carbocycles. The summed E-state index contributed by atoms with van der Waals surface area (Å²) in [4.78, 5) is 2.29. The van der Waals surface area contributed by atoms with Crippen LogP contribution >= 0.6 is 11.3 Å². The number of para-hydroxylation sites is 1. The summed E-state index contributed by atoms with van der Waals surface area (Å²) in [6.45, 7) is 3.75. The number of thiophene rings is 1. The van der Waals surface area contributed by atoms with E-state index in [9.17, 15) is 8.78 Å². The van der Waals surface area contributed by atoms with E-state index >= 15 is 0 Å². The second kappa shape index (κ2) is 6.49. The van der Waals surface area contributed by atoms with E-state index in [2.05, 4.69) is 21.4 Å². The predicted molar refractivity (Wildman–Crippen MR) is 92.2 cm³/mol. The Morgan fingerprint density at radius 2 is 1.83 bits per heavy atom. The zero-order valence-corrected chi connectivity index (χ0v) is 13.9. The molecule has 0 unspecified atom stereocenters. The summed E-state index contributed by atoms with van der Waals surface area (Å²) in [5, 5.41) is 9.11. The molecule has 0 atom stereocenters. The molecule has 1 aromatic heterocycles. The number of anilines is 2. The van der Waals surface area contributed by atoms with Crippen LogP contribution in [-0.4, -0.2) is 38.6 Å². The smallest absolute Gasteiger partial charge is 0.151 e. The minimum atomic E-state index is -0.584. The summed E-state index contributed by atoms with van der Waals surface area (Å²) in [7, 11) is 0. The topological polar surface area (TPSA) is 28.1 Å². The van der Waals surface area contributed by atoms with Gasteiger partial charge in [0.15, 0.2) is 11.6 Å². The molecular formula is C17H17F2N3OS. The lowest BCUT2D eigenvalue weighted by molar-refractivity contribution is 0.123. The van der Waals surface area contributed by atoms with Gasteiger partial charge in [-0.25, -0.2) is 8.78 Å². The van der Waals surface area contributed by atoms with E-state index in [-0.39, 0.29) is 5.69 Å². The number of hydrogen-bond acceptors (Lipinski definition) is 5. The summed E-state index contributed by atoms with van der Waals surface area (Å²) in [6.07, 6.45) is 0.674. The molecule has 0 amide bonds.